The van der Waals surface area contributed by atoms with Crippen molar-refractivity contribution in [3.8, 4) is 22.3 Å². The summed E-state index contributed by atoms with van der Waals surface area (Å²) >= 11 is 0. The molecule has 6 nitrogen and oxygen atoms in total. The molecule has 6 heteroatoms. The van der Waals surface area contributed by atoms with Gasteiger partial charge in [-0.15, -0.1) is 5.11 Å². The highest BCUT2D eigenvalue weighted by Crippen LogP contribution is 2.32. The Hall–Kier alpha value is -4.45. The molecule has 0 saturated carbocycles. The van der Waals surface area contributed by atoms with Gasteiger partial charge in [-0.2, -0.15) is 5.11 Å². The maximum Gasteiger partial charge on any atom is 0.179 e. The number of aliphatic imine (C=N–C) groups is 1. The number of hydrogen-bond acceptors (Lipinski definition) is 5. The van der Waals surface area contributed by atoms with Crippen molar-refractivity contribution in [1.82, 2.24) is 14.5 Å². The summed E-state index contributed by atoms with van der Waals surface area (Å²) in [6.45, 7) is 7.41. The first-order chi connectivity index (χ1) is 18.1. The molecule has 5 aromatic rings. The third kappa shape index (κ3) is 4.35. The fourth-order valence-electron chi connectivity index (χ4n) is 5.01. The molecule has 3 aromatic carbocycles. The SMILES string of the molecule is CCc1nc2c(C)cc(C)nc2n1Cc1ccc(-c2cc(-c3ccccc3)ccc2C2=NCN=N2)cc1. The minimum atomic E-state index is 0.389. The van der Waals surface area contributed by atoms with Crippen molar-refractivity contribution in [2.24, 2.45) is 15.2 Å². The first kappa shape index (κ1) is 23.0. The quantitative estimate of drug-likeness (QED) is 0.256. The molecule has 0 unspecified atom stereocenters. The normalized spacial score (nSPS) is 12.9. The first-order valence-corrected chi connectivity index (χ1v) is 12.6. The Morgan fingerprint density at radius 2 is 1.57 bits per heavy atom. The van der Waals surface area contributed by atoms with Gasteiger partial charge < -0.3 is 4.57 Å². The van der Waals surface area contributed by atoms with Gasteiger partial charge in [-0.1, -0.05) is 67.6 Å². The van der Waals surface area contributed by atoms with Crippen molar-refractivity contribution in [3.63, 3.8) is 0 Å². The molecule has 1 aliphatic rings. The van der Waals surface area contributed by atoms with E-state index in [4.69, 9.17) is 9.97 Å². The second-order valence-electron chi connectivity index (χ2n) is 9.41. The standard InChI is InChI=1S/C31H28N6/c1-4-28-35-29-20(2)16-21(3)34-31(29)37(28)18-22-10-12-24(13-11-22)27-17-25(23-8-6-5-7-9-23)14-15-26(27)30-32-19-33-36-30/h5-17H,4,18-19H2,1-3H3. The summed E-state index contributed by atoms with van der Waals surface area (Å²) < 4.78 is 2.25. The fourth-order valence-corrected chi connectivity index (χ4v) is 5.01. The summed E-state index contributed by atoms with van der Waals surface area (Å²) in [4.78, 5) is 14.2. The molecule has 0 bridgehead atoms. The number of pyridine rings is 1. The van der Waals surface area contributed by atoms with Gasteiger partial charge in [-0.3, -0.25) is 0 Å². The molecule has 0 aliphatic carbocycles. The Morgan fingerprint density at radius 3 is 2.30 bits per heavy atom. The number of aryl methyl sites for hydroxylation is 3. The smallest absolute Gasteiger partial charge is 0.179 e. The van der Waals surface area contributed by atoms with Crippen LogP contribution in [0.2, 0.25) is 0 Å². The molecule has 0 fully saturated rings. The van der Waals surface area contributed by atoms with E-state index in [0.717, 1.165) is 57.9 Å². The molecule has 37 heavy (non-hydrogen) atoms. The van der Waals surface area contributed by atoms with Crippen LogP contribution in [-0.2, 0) is 13.0 Å². The molecule has 2 aromatic heterocycles. The van der Waals surface area contributed by atoms with Crippen LogP contribution >= 0.6 is 0 Å². The number of nitrogens with zero attached hydrogens (tertiary/aromatic N) is 6. The van der Waals surface area contributed by atoms with Gasteiger partial charge in [0.25, 0.3) is 0 Å². The minimum absolute atomic E-state index is 0.389. The summed E-state index contributed by atoms with van der Waals surface area (Å²) in [6.07, 6.45) is 0.860. The van der Waals surface area contributed by atoms with Crippen LogP contribution in [-0.4, -0.2) is 27.0 Å². The lowest BCUT2D eigenvalue weighted by molar-refractivity contribution is 0.745. The number of azo groups is 1. The van der Waals surface area contributed by atoms with Gasteiger partial charge in [0, 0.05) is 17.7 Å². The molecule has 6 rings (SSSR count). The average molecular weight is 485 g/mol. The van der Waals surface area contributed by atoms with Crippen molar-refractivity contribution in [3.05, 3.63) is 107 Å². The molecule has 0 atom stereocenters. The van der Waals surface area contributed by atoms with Gasteiger partial charge in [-0.05, 0) is 65.4 Å². The summed E-state index contributed by atoms with van der Waals surface area (Å²) in [7, 11) is 0. The van der Waals surface area contributed by atoms with Crippen molar-refractivity contribution < 1.29 is 0 Å². The van der Waals surface area contributed by atoms with Crippen LogP contribution in [0.3, 0.4) is 0 Å². The molecule has 3 heterocycles. The van der Waals surface area contributed by atoms with E-state index in [1.807, 2.05) is 13.0 Å². The zero-order valence-electron chi connectivity index (χ0n) is 21.3. The van der Waals surface area contributed by atoms with E-state index in [2.05, 4.69) is 106 Å². The van der Waals surface area contributed by atoms with Crippen LogP contribution in [0.25, 0.3) is 33.4 Å². The van der Waals surface area contributed by atoms with Crippen molar-refractivity contribution in [2.75, 3.05) is 6.67 Å². The Morgan fingerprint density at radius 1 is 0.784 bits per heavy atom. The van der Waals surface area contributed by atoms with Crippen molar-refractivity contribution in [1.29, 1.82) is 0 Å². The highest BCUT2D eigenvalue weighted by Gasteiger charge is 2.16. The molecule has 0 spiro atoms. The third-order valence-corrected chi connectivity index (χ3v) is 6.84. The van der Waals surface area contributed by atoms with E-state index >= 15 is 0 Å². The van der Waals surface area contributed by atoms with E-state index < -0.39 is 0 Å². The van der Waals surface area contributed by atoms with Crippen molar-refractivity contribution >= 4 is 17.0 Å². The lowest BCUT2D eigenvalue weighted by Gasteiger charge is -2.13. The Labute approximate surface area is 216 Å². The largest absolute Gasteiger partial charge is 0.308 e. The lowest BCUT2D eigenvalue weighted by Crippen LogP contribution is -2.06. The maximum absolute atomic E-state index is 4.90. The van der Waals surface area contributed by atoms with Crippen LogP contribution in [0.4, 0.5) is 0 Å². The third-order valence-electron chi connectivity index (χ3n) is 6.84. The molecule has 1 aliphatic heterocycles. The summed E-state index contributed by atoms with van der Waals surface area (Å²) in [5, 5.41) is 8.35. The molecule has 0 radical (unpaired) electrons. The number of fused-ring (bicyclic) bond motifs is 1. The van der Waals surface area contributed by atoms with Crippen molar-refractivity contribution in [2.45, 2.75) is 33.7 Å². The minimum Gasteiger partial charge on any atom is -0.308 e. The second kappa shape index (κ2) is 9.54. The lowest BCUT2D eigenvalue weighted by atomic mass is 9.93. The van der Waals surface area contributed by atoms with Crippen LogP contribution in [0.15, 0.2) is 94.1 Å². The highest BCUT2D eigenvalue weighted by molar-refractivity contribution is 6.06. The van der Waals surface area contributed by atoms with E-state index in [1.165, 1.54) is 16.7 Å². The maximum atomic E-state index is 4.90. The molecule has 0 N–H and O–H groups in total. The topological polar surface area (TPSA) is 67.8 Å². The first-order valence-electron chi connectivity index (χ1n) is 12.6. The second-order valence-corrected chi connectivity index (χ2v) is 9.41. The van der Waals surface area contributed by atoms with Gasteiger partial charge in [0.1, 0.15) is 11.3 Å². The van der Waals surface area contributed by atoms with Gasteiger partial charge in [0.15, 0.2) is 18.2 Å². The van der Waals surface area contributed by atoms with E-state index in [0.29, 0.717) is 12.5 Å². The van der Waals surface area contributed by atoms with Gasteiger partial charge in [-0.25, -0.2) is 15.0 Å². The summed E-state index contributed by atoms with van der Waals surface area (Å²) in [5.74, 6) is 1.75. The zero-order valence-corrected chi connectivity index (χ0v) is 21.3. The number of rotatable bonds is 6. The molecule has 0 saturated heterocycles. The number of amidine groups is 1. The highest BCUT2D eigenvalue weighted by atomic mass is 15.2. The predicted molar refractivity (Wildman–Crippen MR) is 149 cm³/mol. The average Bonchev–Trinajstić information content (AvgIpc) is 3.58. The zero-order chi connectivity index (χ0) is 25.4. The Bertz CT molecular complexity index is 1660. The number of hydrogen-bond donors (Lipinski definition) is 0. The van der Waals surface area contributed by atoms with Crippen LogP contribution < -0.4 is 0 Å². The number of aromatic nitrogens is 3. The fraction of sp³-hybridized carbons (Fsp3) is 0.194. The van der Waals surface area contributed by atoms with E-state index in [9.17, 15) is 0 Å². The van der Waals surface area contributed by atoms with Gasteiger partial charge in [0.2, 0.25) is 0 Å². The molecular formula is C31H28N6. The number of imidazole rings is 1. The Kier molecular flexibility index (Phi) is 5.93. The summed E-state index contributed by atoms with van der Waals surface area (Å²) in [5.41, 5.74) is 10.9. The van der Waals surface area contributed by atoms with Crippen LogP contribution in [0.1, 0.15) is 35.1 Å². The van der Waals surface area contributed by atoms with E-state index in [-0.39, 0.29) is 0 Å². The Balaban J connectivity index is 1.39. The molecule has 0 amide bonds. The van der Waals surface area contributed by atoms with E-state index in [1.54, 1.807) is 0 Å². The number of benzene rings is 3. The predicted octanol–water partition coefficient (Wildman–Crippen LogP) is 7.16. The summed E-state index contributed by atoms with van der Waals surface area (Å²) in [6, 6.07) is 27.8. The monoisotopic (exact) mass is 484 g/mol. The van der Waals surface area contributed by atoms with Crippen LogP contribution in [0, 0.1) is 13.8 Å². The molecule has 182 valence electrons. The van der Waals surface area contributed by atoms with Gasteiger partial charge >= 0.3 is 0 Å². The van der Waals surface area contributed by atoms with Gasteiger partial charge in [0.05, 0.1) is 6.54 Å². The molecular weight excluding hydrogens is 456 g/mol. The van der Waals surface area contributed by atoms with Crippen LogP contribution in [0.5, 0.6) is 0 Å².